The number of hydrogen-bond donors (Lipinski definition) is 2. The van der Waals surface area contributed by atoms with Crippen LogP contribution in [0.3, 0.4) is 0 Å². The molecule has 4 aliphatic rings. The molecule has 0 amide bonds. The second-order valence-corrected chi connectivity index (χ2v) is 11.2. The summed E-state index contributed by atoms with van der Waals surface area (Å²) in [7, 11) is 0. The van der Waals surface area contributed by atoms with Crippen molar-refractivity contribution in [2.24, 2.45) is 46.3 Å². The van der Waals surface area contributed by atoms with Gasteiger partial charge in [0.1, 0.15) is 0 Å². The van der Waals surface area contributed by atoms with Crippen molar-refractivity contribution < 1.29 is 15.0 Å². The first-order valence-corrected chi connectivity index (χ1v) is 11.7. The predicted octanol–water partition coefficient (Wildman–Crippen LogP) is 5.51. The lowest BCUT2D eigenvalue weighted by Crippen LogP contribution is -2.57. The number of aliphatic hydroxyl groups is 1. The zero-order chi connectivity index (χ0) is 19.4. The van der Waals surface area contributed by atoms with Gasteiger partial charge in [0.2, 0.25) is 0 Å². The monoisotopic (exact) mass is 376 g/mol. The summed E-state index contributed by atoms with van der Waals surface area (Å²) in [4.78, 5) is 11.0. The van der Waals surface area contributed by atoms with Crippen molar-refractivity contribution in [1.82, 2.24) is 0 Å². The Hall–Kier alpha value is -0.570. The topological polar surface area (TPSA) is 57.5 Å². The molecule has 0 bridgehead atoms. The van der Waals surface area contributed by atoms with Gasteiger partial charge < -0.3 is 10.2 Å². The number of hydrogen-bond acceptors (Lipinski definition) is 2. The van der Waals surface area contributed by atoms with E-state index in [9.17, 15) is 9.90 Å². The van der Waals surface area contributed by atoms with E-state index in [-0.39, 0.29) is 6.10 Å². The van der Waals surface area contributed by atoms with E-state index >= 15 is 0 Å². The van der Waals surface area contributed by atoms with Crippen LogP contribution in [0.1, 0.15) is 91.4 Å². The molecule has 0 heterocycles. The number of fused-ring (bicyclic) bond motifs is 5. The Morgan fingerprint density at radius 3 is 2.52 bits per heavy atom. The standard InChI is InChI=1S/C24H40O3/c1-15(7-10-21(26)27)17-8-9-18-22-19(11-13-24(17,18)3)23(2)12-5-4-6-16(23)14-20(22)25/h15-20,22,25H,4-14H2,1-3H3,(H,26,27)/t15-,16+,17-,18?,19?,20-,22?,23+,24-/m1/s1. The Kier molecular flexibility index (Phi) is 5.15. The Morgan fingerprint density at radius 1 is 1.04 bits per heavy atom. The summed E-state index contributed by atoms with van der Waals surface area (Å²) in [5.41, 5.74) is 0.758. The van der Waals surface area contributed by atoms with E-state index in [1.165, 1.54) is 51.4 Å². The summed E-state index contributed by atoms with van der Waals surface area (Å²) in [6.45, 7) is 7.33. The van der Waals surface area contributed by atoms with Crippen LogP contribution in [-0.2, 0) is 4.79 Å². The summed E-state index contributed by atoms with van der Waals surface area (Å²) in [6.07, 6.45) is 12.5. The van der Waals surface area contributed by atoms with E-state index in [1.54, 1.807) is 0 Å². The van der Waals surface area contributed by atoms with E-state index in [2.05, 4.69) is 20.8 Å². The van der Waals surface area contributed by atoms with Gasteiger partial charge in [-0.3, -0.25) is 4.79 Å². The van der Waals surface area contributed by atoms with Crippen molar-refractivity contribution in [2.45, 2.75) is 97.5 Å². The molecule has 27 heavy (non-hydrogen) atoms. The molecule has 4 rings (SSSR count). The quantitative estimate of drug-likeness (QED) is 0.680. The maximum Gasteiger partial charge on any atom is 0.303 e. The number of carbonyl (C=O) groups is 1. The maximum atomic E-state index is 11.2. The van der Waals surface area contributed by atoms with Gasteiger partial charge in [-0.05, 0) is 97.7 Å². The first-order valence-electron chi connectivity index (χ1n) is 11.7. The Bertz CT molecular complexity index is 574. The molecule has 4 aliphatic carbocycles. The van der Waals surface area contributed by atoms with Crippen LogP contribution >= 0.6 is 0 Å². The first kappa shape index (κ1) is 19.7. The predicted molar refractivity (Wildman–Crippen MR) is 107 cm³/mol. The van der Waals surface area contributed by atoms with Crippen LogP contribution in [0.2, 0.25) is 0 Å². The number of aliphatic hydroxyl groups excluding tert-OH is 1. The molecule has 0 radical (unpaired) electrons. The van der Waals surface area contributed by atoms with Crippen molar-refractivity contribution in [3.8, 4) is 0 Å². The summed E-state index contributed by atoms with van der Waals surface area (Å²) < 4.78 is 0. The summed E-state index contributed by atoms with van der Waals surface area (Å²) >= 11 is 0. The minimum atomic E-state index is -0.663. The maximum absolute atomic E-state index is 11.2. The molecule has 2 N–H and O–H groups in total. The molecular weight excluding hydrogens is 336 g/mol. The molecule has 4 saturated carbocycles. The van der Waals surface area contributed by atoms with Crippen LogP contribution in [0.25, 0.3) is 0 Å². The number of rotatable bonds is 4. The van der Waals surface area contributed by atoms with E-state index in [0.29, 0.717) is 46.8 Å². The molecule has 3 unspecified atom stereocenters. The third kappa shape index (κ3) is 3.07. The van der Waals surface area contributed by atoms with E-state index < -0.39 is 5.97 Å². The summed E-state index contributed by atoms with van der Waals surface area (Å²) in [6, 6.07) is 0. The van der Waals surface area contributed by atoms with Gasteiger partial charge in [-0.15, -0.1) is 0 Å². The Labute approximate surface area is 165 Å². The normalized spacial score (nSPS) is 50.4. The minimum absolute atomic E-state index is 0.108. The molecule has 0 spiro atoms. The Morgan fingerprint density at radius 2 is 1.78 bits per heavy atom. The molecule has 0 aromatic rings. The zero-order valence-corrected chi connectivity index (χ0v) is 17.6. The first-order chi connectivity index (χ1) is 12.8. The fraction of sp³-hybridized carbons (Fsp3) is 0.958. The van der Waals surface area contributed by atoms with Crippen molar-refractivity contribution in [3.63, 3.8) is 0 Å². The third-order valence-electron chi connectivity index (χ3n) is 10.2. The van der Waals surface area contributed by atoms with E-state index in [4.69, 9.17) is 5.11 Å². The van der Waals surface area contributed by atoms with E-state index in [1.807, 2.05) is 0 Å². The largest absolute Gasteiger partial charge is 0.481 e. The SMILES string of the molecule is C[C@H](CCC(=O)O)[C@H]1CCC2C3C(CC[C@@]21C)[C@@]1(C)CCCC[C@H]1C[C@H]3O. The second kappa shape index (κ2) is 7.04. The molecular formula is C24H40O3. The van der Waals surface area contributed by atoms with Gasteiger partial charge in [0.25, 0.3) is 0 Å². The van der Waals surface area contributed by atoms with Gasteiger partial charge in [-0.1, -0.05) is 33.6 Å². The molecule has 0 aromatic heterocycles. The molecule has 154 valence electrons. The lowest BCUT2D eigenvalue weighted by atomic mass is 9.44. The Balaban J connectivity index is 1.56. The van der Waals surface area contributed by atoms with Gasteiger partial charge in [-0.25, -0.2) is 0 Å². The summed E-state index contributed by atoms with van der Waals surface area (Å²) in [5, 5.41) is 20.3. The van der Waals surface area contributed by atoms with Crippen LogP contribution in [0, 0.1) is 46.3 Å². The van der Waals surface area contributed by atoms with Crippen molar-refractivity contribution in [2.75, 3.05) is 0 Å². The fourth-order valence-electron chi connectivity index (χ4n) is 8.78. The van der Waals surface area contributed by atoms with Gasteiger partial charge >= 0.3 is 5.97 Å². The van der Waals surface area contributed by atoms with Gasteiger partial charge in [0.15, 0.2) is 0 Å². The zero-order valence-electron chi connectivity index (χ0n) is 17.6. The van der Waals surface area contributed by atoms with Gasteiger partial charge in [-0.2, -0.15) is 0 Å². The van der Waals surface area contributed by atoms with Crippen LogP contribution in [0.4, 0.5) is 0 Å². The lowest BCUT2D eigenvalue weighted by Gasteiger charge is -2.62. The second-order valence-electron chi connectivity index (χ2n) is 11.2. The number of carboxylic acid groups (broad SMARTS) is 1. The van der Waals surface area contributed by atoms with Crippen LogP contribution < -0.4 is 0 Å². The molecule has 9 atom stereocenters. The van der Waals surface area contributed by atoms with Crippen LogP contribution in [0.5, 0.6) is 0 Å². The third-order valence-corrected chi connectivity index (χ3v) is 10.2. The van der Waals surface area contributed by atoms with Crippen molar-refractivity contribution in [1.29, 1.82) is 0 Å². The number of aliphatic carboxylic acids is 1. The highest BCUT2D eigenvalue weighted by Crippen LogP contribution is 2.68. The smallest absolute Gasteiger partial charge is 0.303 e. The van der Waals surface area contributed by atoms with Crippen LogP contribution in [-0.4, -0.2) is 22.3 Å². The van der Waals surface area contributed by atoms with Gasteiger partial charge in [0, 0.05) is 6.42 Å². The molecule has 0 saturated heterocycles. The highest BCUT2D eigenvalue weighted by atomic mass is 16.4. The van der Waals surface area contributed by atoms with Gasteiger partial charge in [0.05, 0.1) is 6.10 Å². The molecule has 0 aliphatic heterocycles. The van der Waals surface area contributed by atoms with E-state index in [0.717, 1.165) is 18.8 Å². The average Bonchev–Trinajstić information content (AvgIpc) is 2.97. The highest BCUT2D eigenvalue weighted by molar-refractivity contribution is 5.66. The highest BCUT2D eigenvalue weighted by Gasteiger charge is 2.62. The molecule has 3 nitrogen and oxygen atoms in total. The fourth-order valence-corrected chi connectivity index (χ4v) is 8.78. The molecule has 4 fully saturated rings. The van der Waals surface area contributed by atoms with Crippen LogP contribution in [0.15, 0.2) is 0 Å². The van der Waals surface area contributed by atoms with Crippen molar-refractivity contribution >= 4 is 5.97 Å². The molecule has 3 heteroatoms. The average molecular weight is 377 g/mol. The van der Waals surface area contributed by atoms with Crippen molar-refractivity contribution in [3.05, 3.63) is 0 Å². The molecule has 0 aromatic carbocycles. The number of carboxylic acids is 1. The minimum Gasteiger partial charge on any atom is -0.481 e. The lowest BCUT2D eigenvalue weighted by molar-refractivity contribution is -0.164. The summed E-state index contributed by atoms with van der Waals surface area (Å²) in [5.74, 6) is 3.02.